The molecule has 0 radical (unpaired) electrons. The summed E-state index contributed by atoms with van der Waals surface area (Å²) in [5.74, 6) is 1.07. The quantitative estimate of drug-likeness (QED) is 0.640. The number of hydrogen-bond acceptors (Lipinski definition) is 2. The highest BCUT2D eigenvalue weighted by Crippen LogP contribution is 2.39. The lowest BCUT2D eigenvalue weighted by Gasteiger charge is -2.44. The molecule has 5 heterocycles. The second kappa shape index (κ2) is 4.01. The highest BCUT2D eigenvalue weighted by Gasteiger charge is 2.36. The molecule has 0 saturated carbocycles. The van der Waals surface area contributed by atoms with E-state index < -0.39 is 0 Å². The SMILES string of the molecule is O=c1c(C2CN3CCC2CC3)cc2[nH][nH]c3c[nH]cc1c32. The van der Waals surface area contributed by atoms with Crippen LogP contribution in [0.1, 0.15) is 24.3 Å². The summed E-state index contributed by atoms with van der Waals surface area (Å²) in [5, 5.41) is 8.15. The Morgan fingerprint density at radius 2 is 1.90 bits per heavy atom. The number of H-pyrrole nitrogens is 3. The first-order valence-electron chi connectivity index (χ1n) is 7.73. The molecule has 1 atom stereocenters. The van der Waals surface area contributed by atoms with Crippen LogP contribution in [0.5, 0.6) is 0 Å². The maximum atomic E-state index is 12.9. The summed E-state index contributed by atoms with van der Waals surface area (Å²) in [6, 6.07) is 2.08. The topological polar surface area (TPSA) is 67.7 Å². The van der Waals surface area contributed by atoms with E-state index in [0.717, 1.165) is 33.9 Å². The number of piperidine rings is 3. The molecular weight excluding hydrogens is 264 g/mol. The van der Waals surface area contributed by atoms with Gasteiger partial charge in [0.15, 0.2) is 5.43 Å². The van der Waals surface area contributed by atoms with Crippen molar-refractivity contribution in [3.8, 4) is 0 Å². The Balaban J connectivity index is 1.76. The van der Waals surface area contributed by atoms with Gasteiger partial charge in [0.1, 0.15) is 0 Å². The Hall–Kier alpha value is -2.01. The minimum Gasteiger partial charge on any atom is -0.365 e. The zero-order valence-electron chi connectivity index (χ0n) is 11.8. The summed E-state index contributed by atoms with van der Waals surface area (Å²) in [7, 11) is 0. The average molecular weight is 282 g/mol. The first-order valence-corrected chi connectivity index (χ1v) is 7.73. The third-order valence-electron chi connectivity index (χ3n) is 5.46. The van der Waals surface area contributed by atoms with Gasteiger partial charge in [-0.15, -0.1) is 0 Å². The lowest BCUT2D eigenvalue weighted by Crippen LogP contribution is -2.47. The smallest absolute Gasteiger partial charge is 0.191 e. The minimum absolute atomic E-state index is 0.205. The fourth-order valence-corrected chi connectivity index (χ4v) is 4.34. The first-order chi connectivity index (χ1) is 10.3. The van der Waals surface area contributed by atoms with Crippen LogP contribution in [0.25, 0.3) is 21.8 Å². The van der Waals surface area contributed by atoms with Crippen molar-refractivity contribution in [2.45, 2.75) is 18.8 Å². The van der Waals surface area contributed by atoms with Crippen LogP contribution < -0.4 is 5.43 Å². The van der Waals surface area contributed by atoms with Crippen LogP contribution >= 0.6 is 0 Å². The van der Waals surface area contributed by atoms with Crippen LogP contribution in [-0.4, -0.2) is 39.7 Å². The normalized spacial score (nSPS) is 28.7. The molecule has 108 valence electrons. The Morgan fingerprint density at radius 1 is 1.10 bits per heavy atom. The van der Waals surface area contributed by atoms with Gasteiger partial charge in [0, 0.05) is 41.2 Å². The summed E-state index contributed by atoms with van der Waals surface area (Å²) < 4.78 is 0. The summed E-state index contributed by atoms with van der Waals surface area (Å²) in [6.07, 6.45) is 6.19. The van der Waals surface area contributed by atoms with Gasteiger partial charge in [-0.05, 0) is 37.9 Å². The third kappa shape index (κ3) is 1.52. The van der Waals surface area contributed by atoms with E-state index in [9.17, 15) is 4.79 Å². The van der Waals surface area contributed by atoms with Gasteiger partial charge >= 0.3 is 0 Å². The van der Waals surface area contributed by atoms with Crippen LogP contribution in [0.15, 0.2) is 23.3 Å². The summed E-state index contributed by atoms with van der Waals surface area (Å²) in [4.78, 5) is 18.5. The molecule has 1 unspecified atom stereocenters. The maximum Gasteiger partial charge on any atom is 0.191 e. The predicted octanol–water partition coefficient (Wildman–Crippen LogP) is 2.15. The monoisotopic (exact) mass is 282 g/mol. The number of pyridine rings is 1. The fraction of sp³-hybridized carbons (Fsp3) is 0.438. The number of rotatable bonds is 1. The molecule has 6 rings (SSSR count). The van der Waals surface area contributed by atoms with Crippen LogP contribution in [0.3, 0.4) is 0 Å². The van der Waals surface area contributed by atoms with Gasteiger partial charge in [-0.2, -0.15) is 0 Å². The van der Waals surface area contributed by atoms with Gasteiger partial charge in [-0.1, -0.05) is 0 Å². The number of nitrogens with one attached hydrogen (secondary N) is 3. The van der Waals surface area contributed by atoms with E-state index in [4.69, 9.17) is 0 Å². The number of nitrogens with zero attached hydrogens (tertiary/aromatic N) is 1. The number of hydrogen-bond donors (Lipinski definition) is 3. The van der Waals surface area contributed by atoms with E-state index in [-0.39, 0.29) is 5.43 Å². The second-order valence-corrected chi connectivity index (χ2v) is 6.49. The molecule has 5 heteroatoms. The molecule has 0 amide bonds. The van der Waals surface area contributed by atoms with E-state index in [2.05, 4.69) is 26.1 Å². The van der Waals surface area contributed by atoms with Gasteiger partial charge in [0.2, 0.25) is 0 Å². The van der Waals surface area contributed by atoms with E-state index in [0.29, 0.717) is 11.8 Å². The van der Waals surface area contributed by atoms with Crippen molar-refractivity contribution in [2.24, 2.45) is 5.92 Å². The van der Waals surface area contributed by atoms with Crippen molar-refractivity contribution in [3.05, 3.63) is 34.2 Å². The van der Waals surface area contributed by atoms with E-state index >= 15 is 0 Å². The first kappa shape index (κ1) is 11.6. The lowest BCUT2D eigenvalue weighted by molar-refractivity contribution is 0.0868. The van der Waals surface area contributed by atoms with Crippen molar-refractivity contribution < 1.29 is 0 Å². The molecule has 5 nitrogen and oxygen atoms in total. The molecule has 3 aliphatic rings. The van der Waals surface area contributed by atoms with Gasteiger partial charge in [0.25, 0.3) is 0 Å². The van der Waals surface area contributed by atoms with Crippen molar-refractivity contribution in [1.29, 1.82) is 0 Å². The Bertz CT molecular complexity index is 879. The number of benzene rings is 1. The van der Waals surface area contributed by atoms with Crippen molar-refractivity contribution in [2.75, 3.05) is 19.6 Å². The predicted molar refractivity (Wildman–Crippen MR) is 82.7 cm³/mol. The minimum atomic E-state index is 0.205. The zero-order valence-corrected chi connectivity index (χ0v) is 11.8. The number of aromatic nitrogens is 3. The average Bonchev–Trinajstić information content (AvgIpc) is 2.96. The van der Waals surface area contributed by atoms with Crippen LogP contribution in [-0.2, 0) is 0 Å². The molecule has 3 fully saturated rings. The second-order valence-electron chi connectivity index (χ2n) is 6.49. The lowest BCUT2D eigenvalue weighted by atomic mass is 9.75. The van der Waals surface area contributed by atoms with E-state index in [1.54, 1.807) is 0 Å². The van der Waals surface area contributed by atoms with E-state index in [1.807, 2.05) is 12.4 Å². The largest absolute Gasteiger partial charge is 0.365 e. The maximum absolute atomic E-state index is 12.9. The van der Waals surface area contributed by atoms with Crippen LogP contribution in [0, 0.1) is 5.92 Å². The van der Waals surface area contributed by atoms with Crippen LogP contribution in [0.4, 0.5) is 0 Å². The Morgan fingerprint density at radius 3 is 2.67 bits per heavy atom. The molecule has 0 spiro atoms. The number of aromatic amines is 3. The molecular formula is C16H18N4O. The zero-order chi connectivity index (χ0) is 14.0. The molecule has 3 aliphatic heterocycles. The standard InChI is InChI=1S/C16H18N4O/c21-16-10(12-8-20-3-1-9(12)2-4-20)5-13-15-11(16)6-17-7-14(15)19-18-13/h5-7,9,12,17-19H,1-4,8H2. The summed E-state index contributed by atoms with van der Waals surface area (Å²) >= 11 is 0. The molecule has 2 aromatic heterocycles. The number of fused-ring (bicyclic) bond motifs is 3. The molecule has 0 aliphatic carbocycles. The van der Waals surface area contributed by atoms with Gasteiger partial charge in [-0.3, -0.25) is 9.89 Å². The summed E-state index contributed by atoms with van der Waals surface area (Å²) in [5.41, 5.74) is 3.20. The van der Waals surface area contributed by atoms with Crippen molar-refractivity contribution in [1.82, 2.24) is 20.1 Å². The highest BCUT2D eigenvalue weighted by molar-refractivity contribution is 6.06. The Kier molecular flexibility index (Phi) is 2.22. The fourth-order valence-electron chi connectivity index (χ4n) is 4.34. The van der Waals surface area contributed by atoms with Crippen molar-refractivity contribution >= 4 is 21.8 Å². The highest BCUT2D eigenvalue weighted by atomic mass is 16.1. The summed E-state index contributed by atoms with van der Waals surface area (Å²) in [6.45, 7) is 3.45. The third-order valence-corrected chi connectivity index (χ3v) is 5.46. The molecule has 3 aromatic rings. The van der Waals surface area contributed by atoms with Gasteiger partial charge < -0.3 is 15.0 Å². The molecule has 1 aromatic carbocycles. The molecule has 3 saturated heterocycles. The van der Waals surface area contributed by atoms with Crippen LogP contribution in [0.2, 0.25) is 0 Å². The molecule has 3 N–H and O–H groups in total. The van der Waals surface area contributed by atoms with Crippen molar-refractivity contribution in [3.63, 3.8) is 0 Å². The van der Waals surface area contributed by atoms with Gasteiger partial charge in [-0.25, -0.2) is 0 Å². The molecule has 21 heavy (non-hydrogen) atoms. The van der Waals surface area contributed by atoms with E-state index in [1.165, 1.54) is 25.9 Å². The van der Waals surface area contributed by atoms with Gasteiger partial charge in [0.05, 0.1) is 11.0 Å². The Labute approximate surface area is 121 Å². The molecule has 2 bridgehead atoms.